The molecule has 1 aliphatic carbocycles. The lowest BCUT2D eigenvalue weighted by atomic mass is 9.94. The van der Waals surface area contributed by atoms with E-state index in [1.807, 2.05) is 19.1 Å². The van der Waals surface area contributed by atoms with E-state index in [9.17, 15) is 15.5 Å². The lowest BCUT2D eigenvalue weighted by Crippen LogP contribution is -1.91. The van der Waals surface area contributed by atoms with Gasteiger partial charge >= 0.3 is 0 Å². The largest absolute Gasteiger partial charge is 0.508 e. The zero-order chi connectivity index (χ0) is 17.6. The Balaban J connectivity index is 2.02. The summed E-state index contributed by atoms with van der Waals surface area (Å²) < 4.78 is 5.31. The van der Waals surface area contributed by atoms with Gasteiger partial charge in [0.25, 0.3) is 0 Å². The van der Waals surface area contributed by atoms with E-state index >= 15 is 0 Å². The van der Waals surface area contributed by atoms with Gasteiger partial charge in [0.15, 0.2) is 0 Å². The number of nitriles is 1. The number of allylic oxidation sites excluding steroid dienone is 1. The normalized spacial score (nSPS) is 13.0. The number of aromatic hydroxyl groups is 2. The topological polar surface area (TPSA) is 77.4 Å². The van der Waals surface area contributed by atoms with Crippen LogP contribution in [-0.2, 0) is 6.42 Å². The van der Waals surface area contributed by atoms with Gasteiger partial charge < -0.3 is 14.6 Å². The number of phenols is 2. The molecular weight excluding hydrogens is 314 g/mol. The first-order valence-corrected chi connectivity index (χ1v) is 7.92. The maximum atomic E-state index is 10.1. The molecule has 0 saturated carbocycles. The Kier molecular flexibility index (Phi) is 3.36. The zero-order valence-electron chi connectivity index (χ0n) is 13.6. The van der Waals surface area contributed by atoms with Crippen LogP contribution in [0.1, 0.15) is 33.6 Å². The van der Waals surface area contributed by atoms with Gasteiger partial charge in [-0.05, 0) is 77.1 Å². The van der Waals surface area contributed by atoms with Crippen LogP contribution in [0.2, 0.25) is 0 Å². The van der Waals surface area contributed by atoms with E-state index in [0.717, 1.165) is 33.4 Å². The molecule has 0 bridgehead atoms. The summed E-state index contributed by atoms with van der Waals surface area (Å²) in [5, 5.41) is 29.0. The predicted octanol–water partition coefficient (Wildman–Crippen LogP) is 4.39. The first-order chi connectivity index (χ1) is 12.1. The van der Waals surface area contributed by atoms with Crippen molar-refractivity contribution < 1.29 is 14.6 Å². The molecule has 0 aliphatic heterocycles. The van der Waals surface area contributed by atoms with Crippen LogP contribution in [-0.4, -0.2) is 10.2 Å². The van der Waals surface area contributed by atoms with Crippen LogP contribution in [0.5, 0.6) is 11.5 Å². The monoisotopic (exact) mass is 329 g/mol. The molecule has 2 aromatic carbocycles. The Bertz CT molecular complexity index is 1050. The Morgan fingerprint density at radius 1 is 1.00 bits per heavy atom. The lowest BCUT2D eigenvalue weighted by Gasteiger charge is -2.09. The number of hydrogen-bond donors (Lipinski definition) is 2. The van der Waals surface area contributed by atoms with E-state index in [2.05, 4.69) is 6.07 Å². The number of aryl methyl sites for hydroxylation is 1. The summed E-state index contributed by atoms with van der Waals surface area (Å²) in [5.41, 5.74) is 6.66. The van der Waals surface area contributed by atoms with Gasteiger partial charge in [0.1, 0.15) is 17.6 Å². The van der Waals surface area contributed by atoms with E-state index in [4.69, 9.17) is 4.42 Å². The van der Waals surface area contributed by atoms with Crippen molar-refractivity contribution in [2.45, 2.75) is 13.3 Å². The summed E-state index contributed by atoms with van der Waals surface area (Å²) >= 11 is 0. The molecule has 25 heavy (non-hydrogen) atoms. The Morgan fingerprint density at radius 3 is 2.48 bits per heavy atom. The van der Waals surface area contributed by atoms with Gasteiger partial charge in [-0.1, -0.05) is 12.1 Å². The molecule has 0 fully saturated rings. The highest BCUT2D eigenvalue weighted by Gasteiger charge is 2.28. The molecule has 0 atom stereocenters. The van der Waals surface area contributed by atoms with Crippen molar-refractivity contribution >= 4 is 11.1 Å². The highest BCUT2D eigenvalue weighted by molar-refractivity contribution is 6.05. The molecule has 0 spiro atoms. The molecule has 0 radical (unpaired) electrons. The predicted molar refractivity (Wildman–Crippen MR) is 94.0 cm³/mol. The van der Waals surface area contributed by atoms with E-state index in [1.165, 1.54) is 6.26 Å². The van der Waals surface area contributed by atoms with Gasteiger partial charge in [-0.2, -0.15) is 5.26 Å². The molecule has 0 saturated heterocycles. The number of rotatable bonds is 2. The fourth-order valence-electron chi connectivity index (χ4n) is 3.49. The van der Waals surface area contributed by atoms with Gasteiger partial charge in [0.05, 0.1) is 6.26 Å². The van der Waals surface area contributed by atoms with Gasteiger partial charge in [-0.15, -0.1) is 0 Å². The molecule has 2 N–H and O–H groups in total. The summed E-state index contributed by atoms with van der Waals surface area (Å²) in [6.07, 6.45) is 2.20. The molecule has 1 aliphatic rings. The maximum absolute atomic E-state index is 10.1. The van der Waals surface area contributed by atoms with Crippen LogP contribution in [0.15, 0.2) is 53.1 Å². The van der Waals surface area contributed by atoms with Crippen LogP contribution in [0.25, 0.3) is 11.1 Å². The van der Waals surface area contributed by atoms with Crippen LogP contribution >= 0.6 is 0 Å². The fraction of sp³-hybridized carbons (Fsp3) is 0.0952. The van der Waals surface area contributed by atoms with Crippen molar-refractivity contribution in [1.82, 2.24) is 0 Å². The average Bonchev–Trinajstić information content (AvgIpc) is 3.19. The van der Waals surface area contributed by atoms with Crippen molar-refractivity contribution in [2.75, 3.05) is 0 Å². The van der Waals surface area contributed by atoms with Crippen molar-refractivity contribution in [3.05, 3.63) is 82.3 Å². The number of phenolic OH excluding ortho intramolecular Hbond substituents is 2. The molecule has 4 nitrogen and oxygen atoms in total. The summed E-state index contributed by atoms with van der Waals surface area (Å²) in [6.45, 7) is 1.97. The van der Waals surface area contributed by atoms with Crippen molar-refractivity contribution in [3.8, 4) is 17.6 Å². The van der Waals surface area contributed by atoms with E-state index < -0.39 is 0 Å². The molecule has 122 valence electrons. The number of nitrogens with zero attached hydrogens (tertiary/aromatic N) is 1. The molecule has 4 heteroatoms. The molecule has 0 unspecified atom stereocenters. The Hall–Kier alpha value is -3.45. The molecule has 0 amide bonds. The second kappa shape index (κ2) is 5.57. The third-order valence-electron chi connectivity index (χ3n) is 4.63. The first kappa shape index (κ1) is 15.1. The number of furan rings is 1. The van der Waals surface area contributed by atoms with Gasteiger partial charge in [-0.25, -0.2) is 0 Å². The Labute approximate surface area is 144 Å². The van der Waals surface area contributed by atoms with E-state index in [0.29, 0.717) is 12.0 Å². The molecule has 4 rings (SSSR count). The van der Waals surface area contributed by atoms with Gasteiger partial charge in [-0.3, -0.25) is 0 Å². The SMILES string of the molecule is Cc1cc(O)cc2c1CC(c1ccc(O)cc1)=C2c1ccoc1C#N. The first-order valence-electron chi connectivity index (χ1n) is 7.92. The fourth-order valence-corrected chi connectivity index (χ4v) is 3.49. The Morgan fingerprint density at radius 2 is 1.76 bits per heavy atom. The average molecular weight is 329 g/mol. The maximum Gasteiger partial charge on any atom is 0.211 e. The van der Waals surface area contributed by atoms with Crippen LogP contribution < -0.4 is 0 Å². The van der Waals surface area contributed by atoms with Gasteiger partial charge in [0.2, 0.25) is 5.76 Å². The lowest BCUT2D eigenvalue weighted by molar-refractivity contribution is 0.474. The standard InChI is InChI=1S/C21H15NO3/c1-12-8-15(24)9-19-17(12)10-18(13-2-4-14(23)5-3-13)21(19)16-6-7-25-20(16)11-22/h2-9,23-24H,10H2,1H3. The second-order valence-electron chi connectivity index (χ2n) is 6.14. The van der Waals surface area contributed by atoms with Crippen molar-refractivity contribution in [3.63, 3.8) is 0 Å². The van der Waals surface area contributed by atoms with Crippen LogP contribution in [0.4, 0.5) is 0 Å². The summed E-state index contributed by atoms with van der Waals surface area (Å²) in [5.74, 6) is 0.652. The number of fused-ring (bicyclic) bond motifs is 1. The summed E-state index contributed by atoms with van der Waals surface area (Å²) in [4.78, 5) is 0. The minimum atomic E-state index is 0.197. The van der Waals surface area contributed by atoms with Crippen molar-refractivity contribution in [1.29, 1.82) is 5.26 Å². The minimum Gasteiger partial charge on any atom is -0.508 e. The molecule has 1 heterocycles. The smallest absolute Gasteiger partial charge is 0.211 e. The minimum absolute atomic E-state index is 0.197. The summed E-state index contributed by atoms with van der Waals surface area (Å²) in [7, 11) is 0. The second-order valence-corrected chi connectivity index (χ2v) is 6.14. The van der Waals surface area contributed by atoms with Crippen molar-refractivity contribution in [2.24, 2.45) is 0 Å². The highest BCUT2D eigenvalue weighted by atomic mass is 16.3. The zero-order valence-corrected chi connectivity index (χ0v) is 13.6. The third kappa shape index (κ3) is 2.38. The van der Waals surface area contributed by atoms with Gasteiger partial charge in [0, 0.05) is 5.56 Å². The molecule has 1 aromatic heterocycles. The van der Waals surface area contributed by atoms with E-state index in [-0.39, 0.29) is 17.3 Å². The van der Waals surface area contributed by atoms with Crippen LogP contribution in [0.3, 0.4) is 0 Å². The highest BCUT2D eigenvalue weighted by Crippen LogP contribution is 2.45. The quantitative estimate of drug-likeness (QED) is 0.731. The number of benzene rings is 2. The number of hydrogen-bond acceptors (Lipinski definition) is 4. The molecule has 3 aromatic rings. The van der Waals surface area contributed by atoms with E-state index in [1.54, 1.807) is 30.3 Å². The van der Waals surface area contributed by atoms with Crippen LogP contribution in [0, 0.1) is 18.3 Å². The summed E-state index contributed by atoms with van der Waals surface area (Å²) in [6, 6.07) is 14.4. The third-order valence-corrected chi connectivity index (χ3v) is 4.63. The molecular formula is C21H15NO3.